The van der Waals surface area contributed by atoms with Crippen molar-refractivity contribution in [2.24, 2.45) is 5.92 Å². The number of sulfone groups is 1. The number of nitrogens with one attached hydrogen (secondary N) is 1. The van der Waals surface area contributed by atoms with Crippen molar-refractivity contribution in [3.8, 4) is 0 Å². The van der Waals surface area contributed by atoms with Gasteiger partial charge >= 0.3 is 5.97 Å². The first-order valence-corrected chi connectivity index (χ1v) is 6.74. The SMILES string of the molecule is CCS(=O)(=O)CC(=O)N[C@@H](C(=O)O)C(C)C. The van der Waals surface area contributed by atoms with Gasteiger partial charge in [0.25, 0.3) is 0 Å². The van der Waals surface area contributed by atoms with Gasteiger partial charge in [-0.3, -0.25) is 4.79 Å². The number of aliphatic carboxylic acids is 1. The highest BCUT2D eigenvalue weighted by molar-refractivity contribution is 7.92. The van der Waals surface area contributed by atoms with Crippen LogP contribution in [0.15, 0.2) is 0 Å². The lowest BCUT2D eigenvalue weighted by Gasteiger charge is -2.17. The molecule has 0 saturated carbocycles. The fourth-order valence-electron chi connectivity index (χ4n) is 1.03. The zero-order valence-electron chi connectivity index (χ0n) is 9.56. The third kappa shape index (κ3) is 5.11. The molecule has 0 aromatic carbocycles. The summed E-state index contributed by atoms with van der Waals surface area (Å²) < 4.78 is 22.2. The minimum Gasteiger partial charge on any atom is -0.480 e. The molecule has 0 saturated heterocycles. The number of hydrogen-bond donors (Lipinski definition) is 2. The van der Waals surface area contributed by atoms with Crippen LogP contribution < -0.4 is 5.32 Å². The maximum atomic E-state index is 11.3. The summed E-state index contributed by atoms with van der Waals surface area (Å²) in [6.45, 7) is 4.69. The van der Waals surface area contributed by atoms with Crippen molar-refractivity contribution in [1.82, 2.24) is 5.32 Å². The molecule has 7 heteroatoms. The zero-order chi connectivity index (χ0) is 12.9. The Morgan fingerprint density at radius 3 is 2.12 bits per heavy atom. The van der Waals surface area contributed by atoms with E-state index in [2.05, 4.69) is 5.32 Å². The Morgan fingerprint density at radius 2 is 1.81 bits per heavy atom. The van der Waals surface area contributed by atoms with Crippen LogP contribution in [0, 0.1) is 5.92 Å². The molecule has 16 heavy (non-hydrogen) atoms. The summed E-state index contributed by atoms with van der Waals surface area (Å²) in [5, 5.41) is 11.0. The number of rotatable bonds is 6. The van der Waals surface area contributed by atoms with Crippen LogP contribution in [0.3, 0.4) is 0 Å². The van der Waals surface area contributed by atoms with Crippen LogP contribution in [0.1, 0.15) is 20.8 Å². The quantitative estimate of drug-likeness (QED) is 0.671. The summed E-state index contributed by atoms with van der Waals surface area (Å²) in [4.78, 5) is 22.0. The molecular weight excluding hydrogens is 234 g/mol. The highest BCUT2D eigenvalue weighted by Crippen LogP contribution is 2.02. The predicted octanol–water partition coefficient (Wildman–Crippen LogP) is -0.353. The average molecular weight is 251 g/mol. The van der Waals surface area contributed by atoms with Crippen LogP contribution in [0.2, 0.25) is 0 Å². The molecule has 0 heterocycles. The van der Waals surface area contributed by atoms with Crippen LogP contribution in [-0.4, -0.2) is 42.9 Å². The minimum atomic E-state index is -3.42. The predicted molar refractivity (Wildman–Crippen MR) is 58.7 cm³/mol. The second kappa shape index (κ2) is 5.83. The lowest BCUT2D eigenvalue weighted by molar-refractivity contribution is -0.142. The van der Waals surface area contributed by atoms with Crippen LogP contribution in [0.4, 0.5) is 0 Å². The average Bonchev–Trinajstić information content (AvgIpc) is 2.12. The molecule has 0 fully saturated rings. The fourth-order valence-corrected chi connectivity index (χ4v) is 1.72. The van der Waals surface area contributed by atoms with E-state index in [9.17, 15) is 18.0 Å². The van der Waals surface area contributed by atoms with E-state index in [1.807, 2.05) is 0 Å². The minimum absolute atomic E-state index is 0.139. The first kappa shape index (κ1) is 14.9. The van der Waals surface area contributed by atoms with E-state index in [4.69, 9.17) is 5.11 Å². The first-order chi connectivity index (χ1) is 7.19. The molecule has 1 amide bonds. The van der Waals surface area contributed by atoms with Crippen molar-refractivity contribution in [2.75, 3.05) is 11.5 Å². The van der Waals surface area contributed by atoms with Gasteiger partial charge in [0, 0.05) is 5.75 Å². The summed E-state index contributed by atoms with van der Waals surface area (Å²) >= 11 is 0. The largest absolute Gasteiger partial charge is 0.480 e. The normalized spacial score (nSPS) is 13.5. The fraction of sp³-hybridized carbons (Fsp3) is 0.778. The van der Waals surface area contributed by atoms with Crippen molar-refractivity contribution in [3.63, 3.8) is 0 Å². The maximum absolute atomic E-state index is 11.3. The van der Waals surface area contributed by atoms with E-state index in [0.717, 1.165) is 0 Å². The third-order valence-corrected chi connectivity index (χ3v) is 3.62. The van der Waals surface area contributed by atoms with Crippen molar-refractivity contribution < 1.29 is 23.1 Å². The number of carboxylic acid groups (broad SMARTS) is 1. The highest BCUT2D eigenvalue weighted by Gasteiger charge is 2.25. The monoisotopic (exact) mass is 251 g/mol. The lowest BCUT2D eigenvalue weighted by Crippen LogP contribution is -2.46. The molecule has 0 unspecified atom stereocenters. The summed E-state index contributed by atoms with van der Waals surface area (Å²) in [6.07, 6.45) is 0. The summed E-state index contributed by atoms with van der Waals surface area (Å²) in [7, 11) is -3.42. The van der Waals surface area contributed by atoms with E-state index in [0.29, 0.717) is 0 Å². The molecule has 0 aromatic heterocycles. The van der Waals surface area contributed by atoms with E-state index in [-0.39, 0.29) is 11.7 Å². The van der Waals surface area contributed by atoms with Gasteiger partial charge < -0.3 is 10.4 Å². The number of carbonyl (C=O) groups excluding carboxylic acids is 1. The van der Waals surface area contributed by atoms with Gasteiger partial charge in [0.2, 0.25) is 5.91 Å². The second-order valence-electron chi connectivity index (χ2n) is 3.80. The van der Waals surface area contributed by atoms with Gasteiger partial charge in [-0.2, -0.15) is 0 Å². The summed E-state index contributed by atoms with van der Waals surface area (Å²) in [5.74, 6) is -3.05. The number of hydrogen-bond acceptors (Lipinski definition) is 4. The van der Waals surface area contributed by atoms with Crippen LogP contribution in [-0.2, 0) is 19.4 Å². The number of amides is 1. The molecule has 0 aliphatic carbocycles. The molecule has 0 aromatic rings. The van der Waals surface area contributed by atoms with Crippen molar-refractivity contribution in [1.29, 1.82) is 0 Å². The van der Waals surface area contributed by atoms with Gasteiger partial charge in [-0.1, -0.05) is 20.8 Å². The van der Waals surface area contributed by atoms with Gasteiger partial charge in [-0.15, -0.1) is 0 Å². The Balaban J connectivity index is 4.50. The second-order valence-corrected chi connectivity index (χ2v) is 6.16. The Morgan fingerprint density at radius 1 is 1.31 bits per heavy atom. The summed E-state index contributed by atoms with van der Waals surface area (Å²) in [6, 6.07) is -1.06. The van der Waals surface area contributed by atoms with E-state index in [1.165, 1.54) is 6.92 Å². The Hall–Kier alpha value is -1.11. The smallest absolute Gasteiger partial charge is 0.326 e. The topological polar surface area (TPSA) is 101 Å². The van der Waals surface area contributed by atoms with Crippen LogP contribution in [0.5, 0.6) is 0 Å². The molecule has 0 aliphatic rings. The Labute approximate surface area is 95.0 Å². The van der Waals surface area contributed by atoms with Gasteiger partial charge in [0.05, 0.1) is 0 Å². The van der Waals surface area contributed by atoms with E-state index < -0.39 is 33.5 Å². The molecule has 0 bridgehead atoms. The number of carboxylic acids is 1. The van der Waals surface area contributed by atoms with Crippen LogP contribution in [0.25, 0.3) is 0 Å². The zero-order valence-corrected chi connectivity index (χ0v) is 10.4. The standard InChI is InChI=1S/C9H17NO5S/c1-4-16(14,15)5-7(11)10-8(6(2)3)9(12)13/h6,8H,4-5H2,1-3H3,(H,10,11)(H,12,13)/t8-/m1/s1. The van der Waals surface area contributed by atoms with Gasteiger partial charge in [-0.05, 0) is 5.92 Å². The molecule has 0 aliphatic heterocycles. The van der Waals surface area contributed by atoms with Crippen molar-refractivity contribution in [2.45, 2.75) is 26.8 Å². The lowest BCUT2D eigenvalue weighted by atomic mass is 10.1. The molecule has 2 N–H and O–H groups in total. The van der Waals surface area contributed by atoms with Crippen molar-refractivity contribution >= 4 is 21.7 Å². The maximum Gasteiger partial charge on any atom is 0.326 e. The van der Waals surface area contributed by atoms with E-state index in [1.54, 1.807) is 13.8 Å². The van der Waals surface area contributed by atoms with Crippen LogP contribution >= 0.6 is 0 Å². The Bertz CT molecular complexity index is 360. The molecule has 0 rings (SSSR count). The van der Waals surface area contributed by atoms with Gasteiger partial charge in [-0.25, -0.2) is 13.2 Å². The molecular formula is C9H17NO5S. The third-order valence-electron chi connectivity index (χ3n) is 2.04. The van der Waals surface area contributed by atoms with Crippen molar-refractivity contribution in [3.05, 3.63) is 0 Å². The van der Waals surface area contributed by atoms with Gasteiger partial charge in [0.15, 0.2) is 9.84 Å². The summed E-state index contributed by atoms with van der Waals surface area (Å²) in [5.41, 5.74) is 0. The molecule has 6 nitrogen and oxygen atoms in total. The van der Waals surface area contributed by atoms with E-state index >= 15 is 0 Å². The van der Waals surface area contributed by atoms with Gasteiger partial charge in [0.1, 0.15) is 11.8 Å². The Kier molecular flexibility index (Phi) is 5.43. The number of carbonyl (C=O) groups is 2. The molecule has 0 spiro atoms. The molecule has 94 valence electrons. The molecule has 0 radical (unpaired) electrons. The first-order valence-electron chi connectivity index (χ1n) is 4.92. The highest BCUT2D eigenvalue weighted by atomic mass is 32.2. The molecule has 1 atom stereocenters.